The molecule has 6 nitrogen and oxygen atoms in total. The predicted octanol–water partition coefficient (Wildman–Crippen LogP) is 2.48. The SMILES string of the molecule is C=C[C@H]1CN2CC[C@@]3(C(=O)Nc4ccccc43)[C@@H]2C[C@@H]1/C(=C/OC)C(=O)OC. The Hall–Kier alpha value is -2.60. The number of nitrogens with zero attached hydrogens (tertiary/aromatic N) is 1. The molecular formula is C22H26N2O4. The molecular weight excluding hydrogens is 356 g/mol. The van der Waals surface area contributed by atoms with Crippen molar-refractivity contribution in [3.8, 4) is 0 Å². The van der Waals surface area contributed by atoms with Crippen LogP contribution < -0.4 is 5.32 Å². The van der Waals surface area contributed by atoms with Gasteiger partial charge in [-0.3, -0.25) is 9.69 Å². The van der Waals surface area contributed by atoms with Crippen LogP contribution in [-0.4, -0.2) is 50.1 Å². The maximum atomic E-state index is 13.2. The number of fused-ring (bicyclic) bond motifs is 4. The normalized spacial score (nSPS) is 31.9. The summed E-state index contributed by atoms with van der Waals surface area (Å²) < 4.78 is 10.2. The molecule has 1 aromatic carbocycles. The van der Waals surface area contributed by atoms with Crippen molar-refractivity contribution in [3.05, 3.63) is 54.3 Å². The number of rotatable bonds is 4. The van der Waals surface area contributed by atoms with Crippen molar-refractivity contribution in [2.45, 2.75) is 24.3 Å². The minimum absolute atomic E-state index is 0.0160. The minimum atomic E-state index is -0.574. The van der Waals surface area contributed by atoms with Gasteiger partial charge >= 0.3 is 5.97 Å². The zero-order chi connectivity index (χ0) is 19.9. The van der Waals surface area contributed by atoms with Gasteiger partial charge in [0.25, 0.3) is 0 Å². The molecule has 0 bridgehead atoms. The highest BCUT2D eigenvalue weighted by Crippen LogP contribution is 2.52. The number of hydrogen-bond donors (Lipinski definition) is 1. The van der Waals surface area contributed by atoms with E-state index in [4.69, 9.17) is 9.47 Å². The van der Waals surface area contributed by atoms with E-state index in [1.807, 2.05) is 24.3 Å². The lowest BCUT2D eigenvalue weighted by Gasteiger charge is -2.44. The highest BCUT2D eigenvalue weighted by Gasteiger charge is 2.60. The summed E-state index contributed by atoms with van der Waals surface area (Å²) in [6.07, 6.45) is 4.83. The fourth-order valence-electron chi connectivity index (χ4n) is 5.38. The van der Waals surface area contributed by atoms with Crippen LogP contribution >= 0.6 is 0 Å². The summed E-state index contributed by atoms with van der Waals surface area (Å²) in [5.74, 6) is -0.351. The van der Waals surface area contributed by atoms with E-state index in [0.29, 0.717) is 12.0 Å². The molecule has 28 heavy (non-hydrogen) atoms. The van der Waals surface area contributed by atoms with Crippen LogP contribution in [0.5, 0.6) is 0 Å². The number of piperidine rings is 1. The number of hydrogen-bond acceptors (Lipinski definition) is 5. The van der Waals surface area contributed by atoms with Gasteiger partial charge in [0.05, 0.1) is 31.5 Å². The number of methoxy groups -OCH3 is 2. The summed E-state index contributed by atoms with van der Waals surface area (Å²) in [5, 5.41) is 3.07. The second-order valence-corrected chi connectivity index (χ2v) is 7.77. The second kappa shape index (κ2) is 7.09. The first-order valence-electron chi connectivity index (χ1n) is 9.65. The Morgan fingerprint density at radius 2 is 2.14 bits per heavy atom. The number of esters is 1. The monoisotopic (exact) mass is 382 g/mol. The Bertz CT molecular complexity index is 849. The van der Waals surface area contributed by atoms with Gasteiger partial charge < -0.3 is 14.8 Å². The van der Waals surface area contributed by atoms with Crippen LogP contribution in [0.1, 0.15) is 18.4 Å². The summed E-state index contributed by atoms with van der Waals surface area (Å²) in [5.41, 5.74) is 1.90. The van der Waals surface area contributed by atoms with E-state index in [0.717, 1.165) is 30.8 Å². The summed E-state index contributed by atoms with van der Waals surface area (Å²) >= 11 is 0. The first kappa shape index (κ1) is 18.7. The van der Waals surface area contributed by atoms with Gasteiger partial charge in [-0.1, -0.05) is 24.3 Å². The molecule has 148 valence electrons. The molecule has 4 atom stereocenters. The first-order chi connectivity index (χ1) is 13.6. The van der Waals surface area contributed by atoms with Crippen LogP contribution in [0.15, 0.2) is 48.8 Å². The fraction of sp³-hybridized carbons (Fsp3) is 0.455. The van der Waals surface area contributed by atoms with Crippen molar-refractivity contribution in [1.29, 1.82) is 0 Å². The second-order valence-electron chi connectivity index (χ2n) is 7.77. The predicted molar refractivity (Wildman–Crippen MR) is 106 cm³/mol. The molecule has 3 aliphatic heterocycles. The quantitative estimate of drug-likeness (QED) is 0.375. The van der Waals surface area contributed by atoms with Crippen molar-refractivity contribution < 1.29 is 19.1 Å². The zero-order valence-electron chi connectivity index (χ0n) is 16.3. The minimum Gasteiger partial charge on any atom is -0.504 e. The molecule has 0 radical (unpaired) electrons. The lowest BCUT2D eigenvalue weighted by molar-refractivity contribution is -0.137. The highest BCUT2D eigenvalue weighted by molar-refractivity contribution is 6.07. The molecule has 1 amide bonds. The van der Waals surface area contributed by atoms with E-state index in [-0.39, 0.29) is 23.8 Å². The third-order valence-corrected chi connectivity index (χ3v) is 6.67. The molecule has 3 heterocycles. The average molecular weight is 382 g/mol. The number of carbonyl (C=O) groups excluding carboxylic acids is 2. The zero-order valence-corrected chi connectivity index (χ0v) is 16.3. The van der Waals surface area contributed by atoms with Crippen LogP contribution in [0.4, 0.5) is 5.69 Å². The fourth-order valence-corrected chi connectivity index (χ4v) is 5.38. The molecule has 0 aromatic heterocycles. The molecule has 0 saturated carbocycles. The molecule has 2 fully saturated rings. The van der Waals surface area contributed by atoms with E-state index in [1.165, 1.54) is 20.5 Å². The van der Waals surface area contributed by atoms with E-state index in [1.54, 1.807) is 0 Å². The Morgan fingerprint density at radius 1 is 1.36 bits per heavy atom. The molecule has 3 aliphatic rings. The maximum absolute atomic E-state index is 13.2. The largest absolute Gasteiger partial charge is 0.504 e. The van der Waals surface area contributed by atoms with Crippen LogP contribution in [0.2, 0.25) is 0 Å². The molecule has 1 N–H and O–H groups in total. The number of nitrogens with one attached hydrogen (secondary N) is 1. The van der Waals surface area contributed by atoms with Gasteiger partial charge in [-0.2, -0.15) is 0 Å². The van der Waals surface area contributed by atoms with Gasteiger partial charge in [-0.25, -0.2) is 4.79 Å². The lowest BCUT2D eigenvalue weighted by Crippen LogP contribution is -2.53. The van der Waals surface area contributed by atoms with E-state index < -0.39 is 11.4 Å². The standard InChI is InChI=1S/C22H26N2O4/c1-4-14-12-24-10-9-22(17-7-5-6-8-18(17)23-21(22)26)19(24)11-15(14)16(13-27-2)20(25)28-3/h4-8,13-15,19H,1,9-12H2,2-3H3,(H,23,26)/b16-13-/t14-,15-,19-,22-/m0/s1. The van der Waals surface area contributed by atoms with Crippen LogP contribution in [-0.2, 0) is 24.5 Å². The van der Waals surface area contributed by atoms with Gasteiger partial charge in [0.1, 0.15) is 0 Å². The number of ether oxygens (including phenoxy) is 2. The van der Waals surface area contributed by atoms with Gasteiger partial charge in [0.2, 0.25) is 5.91 Å². The third-order valence-electron chi connectivity index (χ3n) is 6.67. The van der Waals surface area contributed by atoms with Gasteiger partial charge in [-0.15, -0.1) is 6.58 Å². The lowest BCUT2D eigenvalue weighted by atomic mass is 9.68. The molecule has 1 aromatic rings. The van der Waals surface area contributed by atoms with E-state index in [2.05, 4.69) is 22.9 Å². The third kappa shape index (κ3) is 2.58. The topological polar surface area (TPSA) is 67.9 Å². The van der Waals surface area contributed by atoms with Gasteiger partial charge in [0, 0.05) is 24.2 Å². The number of amides is 1. The van der Waals surface area contributed by atoms with Crippen LogP contribution in [0, 0.1) is 11.8 Å². The molecule has 2 saturated heterocycles. The molecule has 1 spiro atoms. The molecule has 0 aliphatic carbocycles. The highest BCUT2D eigenvalue weighted by atomic mass is 16.5. The van der Waals surface area contributed by atoms with Crippen molar-refractivity contribution in [2.24, 2.45) is 11.8 Å². The smallest absolute Gasteiger partial charge is 0.337 e. The number of para-hydroxylation sites is 1. The molecule has 6 heteroatoms. The number of benzene rings is 1. The summed E-state index contributed by atoms with van der Waals surface area (Å²) in [6.45, 7) is 5.60. The number of anilines is 1. The first-order valence-corrected chi connectivity index (χ1v) is 9.65. The van der Waals surface area contributed by atoms with Gasteiger partial charge in [-0.05, 0) is 36.9 Å². The summed E-state index contributed by atoms with van der Waals surface area (Å²) in [7, 11) is 2.90. The Labute approximate surface area is 165 Å². The summed E-state index contributed by atoms with van der Waals surface area (Å²) in [6, 6.07) is 7.96. The van der Waals surface area contributed by atoms with Crippen molar-refractivity contribution >= 4 is 17.6 Å². The summed E-state index contributed by atoms with van der Waals surface area (Å²) in [4.78, 5) is 28.0. The Kier molecular flexibility index (Phi) is 4.75. The van der Waals surface area contributed by atoms with Crippen LogP contribution in [0.3, 0.4) is 0 Å². The Balaban J connectivity index is 1.75. The van der Waals surface area contributed by atoms with Crippen molar-refractivity contribution in [1.82, 2.24) is 4.90 Å². The van der Waals surface area contributed by atoms with Crippen molar-refractivity contribution in [2.75, 3.05) is 32.6 Å². The van der Waals surface area contributed by atoms with Crippen LogP contribution in [0.25, 0.3) is 0 Å². The average Bonchev–Trinajstić information content (AvgIpc) is 3.23. The van der Waals surface area contributed by atoms with Gasteiger partial charge in [0.15, 0.2) is 0 Å². The van der Waals surface area contributed by atoms with E-state index in [9.17, 15) is 9.59 Å². The maximum Gasteiger partial charge on any atom is 0.337 e. The molecule has 0 unspecified atom stereocenters. The Morgan fingerprint density at radius 3 is 2.86 bits per heavy atom. The van der Waals surface area contributed by atoms with E-state index >= 15 is 0 Å². The van der Waals surface area contributed by atoms with Crippen molar-refractivity contribution in [3.63, 3.8) is 0 Å². The number of carbonyl (C=O) groups is 2. The molecule has 4 rings (SSSR count).